The van der Waals surface area contributed by atoms with Gasteiger partial charge in [0.25, 0.3) is 0 Å². The van der Waals surface area contributed by atoms with Crippen LogP contribution in [0.25, 0.3) is 0 Å². The van der Waals surface area contributed by atoms with Gasteiger partial charge in [0.05, 0.1) is 0 Å². The van der Waals surface area contributed by atoms with Crippen molar-refractivity contribution >= 4 is 0 Å². The van der Waals surface area contributed by atoms with Crippen molar-refractivity contribution in [1.82, 2.24) is 0 Å². The van der Waals surface area contributed by atoms with E-state index < -0.39 is 43.3 Å². The van der Waals surface area contributed by atoms with Crippen LogP contribution in [0.3, 0.4) is 0 Å². The number of nitrogens with zero attached hydrogens (tertiary/aromatic N) is 2. The van der Waals surface area contributed by atoms with Gasteiger partial charge in [-0.25, -0.2) is 0 Å². The van der Waals surface area contributed by atoms with E-state index in [9.17, 15) is 30.9 Å². The normalized spacial score (nSPS) is 13.0. The number of nitriles is 2. The Bertz CT molecular complexity index is 2590. The maximum absolute atomic E-state index is 11.7. The Morgan fingerprint density at radius 1 is 0.282 bits per heavy atom. The van der Waals surface area contributed by atoms with Crippen molar-refractivity contribution < 1.29 is 39.4 Å². The largest absolute Gasteiger partial charge is 0.507 e. The molecule has 0 saturated carbocycles. The molecule has 10 nitrogen and oxygen atoms in total. The van der Waals surface area contributed by atoms with E-state index in [2.05, 4.69) is 12.1 Å². The molecule has 0 aliphatic rings. The molecule has 0 spiro atoms. The molecule has 0 saturated heterocycles. The monoisotopic (exact) mass is 1060 g/mol. The summed E-state index contributed by atoms with van der Waals surface area (Å²) < 4.78 is 27.5. The fourth-order valence-corrected chi connectivity index (χ4v) is 9.72. The molecule has 78 heavy (non-hydrogen) atoms. The first-order valence-corrected chi connectivity index (χ1v) is 27.3. The summed E-state index contributed by atoms with van der Waals surface area (Å²) >= 11 is 0. The predicted molar refractivity (Wildman–Crippen MR) is 315 cm³/mol. The molecule has 0 radical (unpaired) electrons. The van der Waals surface area contributed by atoms with Crippen molar-refractivity contribution in [2.24, 2.45) is 0 Å². The summed E-state index contributed by atoms with van der Waals surface area (Å²) in [4.78, 5) is 0. The van der Waals surface area contributed by atoms with E-state index in [1.54, 1.807) is 0 Å². The Kier molecular flexibility index (Phi) is 17.3. The van der Waals surface area contributed by atoms with Crippen LogP contribution in [0.15, 0.2) is 48.5 Å². The van der Waals surface area contributed by atoms with Crippen LogP contribution in [0.1, 0.15) is 244 Å². The van der Waals surface area contributed by atoms with E-state index >= 15 is 0 Å². The summed E-state index contributed by atoms with van der Waals surface area (Å²) in [6, 6.07) is 20.1. The number of aromatic hydroxyl groups is 4. The van der Waals surface area contributed by atoms with E-state index in [1.807, 2.05) is 215 Å². The molecular formula is C68H92N2O8. The number of hydrogen-bond donors (Lipinski definition) is 4. The molecule has 0 heterocycles. The highest BCUT2D eigenvalue weighted by Crippen LogP contribution is 2.51. The first kappa shape index (κ1) is 62.3. The molecule has 5 aromatic carbocycles. The van der Waals surface area contributed by atoms with Crippen LogP contribution >= 0.6 is 0 Å². The average molecular weight is 1070 g/mol. The fraction of sp³-hybridized carbons (Fsp3) is 0.529. The maximum Gasteiger partial charge on any atom is 0.184 e. The number of ether oxygens (including phenoxy) is 4. The topological polar surface area (TPSA) is 165 Å². The maximum atomic E-state index is 11.7. The SMILES string of the molecule is CC(C)(C)c1cc(COc2c(C#N)c(OCc3cc(C(C)(C)C)c(O)c(C(C)(C)C)c3)c(OCc3cc(C(C)(C)C)c(O)c(C(C)(C)C)c3)c(C#N)c2OCc2cc(C(C)(C)C)c(O)c(C(C)(C)C)c2)cc(C(C)(C)C)c1O. The van der Waals surface area contributed by atoms with Crippen molar-refractivity contribution in [1.29, 1.82) is 10.5 Å². The van der Waals surface area contributed by atoms with E-state index in [0.29, 0.717) is 22.3 Å². The summed E-state index contributed by atoms with van der Waals surface area (Å²) in [7, 11) is 0. The van der Waals surface area contributed by atoms with Crippen LogP contribution in [-0.2, 0) is 69.7 Å². The Morgan fingerprint density at radius 3 is 0.513 bits per heavy atom. The van der Waals surface area contributed by atoms with Gasteiger partial charge in [-0.1, -0.05) is 166 Å². The number of hydrogen-bond acceptors (Lipinski definition) is 10. The summed E-state index contributed by atoms with van der Waals surface area (Å²) in [5.41, 5.74) is 4.91. The number of phenols is 4. The molecule has 0 amide bonds. The van der Waals surface area contributed by atoms with Crippen LogP contribution in [0.2, 0.25) is 0 Å². The Morgan fingerprint density at radius 2 is 0.410 bits per heavy atom. The third-order valence-electron chi connectivity index (χ3n) is 14.2. The highest BCUT2D eigenvalue weighted by atomic mass is 16.5. The van der Waals surface area contributed by atoms with E-state index in [1.165, 1.54) is 0 Å². The van der Waals surface area contributed by atoms with Gasteiger partial charge in [0, 0.05) is 0 Å². The van der Waals surface area contributed by atoms with Crippen molar-refractivity contribution in [2.75, 3.05) is 0 Å². The first-order valence-electron chi connectivity index (χ1n) is 27.3. The highest BCUT2D eigenvalue weighted by Gasteiger charge is 2.35. The minimum atomic E-state index is -0.450. The molecule has 0 aliphatic heterocycles. The summed E-state index contributed by atoms with van der Waals surface area (Å²) in [5, 5.41) is 70.0. The van der Waals surface area contributed by atoms with E-state index in [-0.39, 0.29) is 83.6 Å². The lowest BCUT2D eigenvalue weighted by Crippen LogP contribution is -2.19. The molecule has 5 aromatic rings. The fourth-order valence-electron chi connectivity index (χ4n) is 9.72. The second-order valence-corrected chi connectivity index (χ2v) is 29.6. The van der Waals surface area contributed by atoms with E-state index in [4.69, 9.17) is 18.9 Å². The van der Waals surface area contributed by atoms with Gasteiger partial charge in [0.1, 0.15) is 72.7 Å². The van der Waals surface area contributed by atoms with Gasteiger partial charge in [-0.3, -0.25) is 0 Å². The van der Waals surface area contributed by atoms with Gasteiger partial charge in [0.2, 0.25) is 0 Å². The summed E-state index contributed by atoms with van der Waals surface area (Å²) in [6.45, 7) is 48.5. The molecule has 0 aliphatic carbocycles. The molecule has 0 fully saturated rings. The zero-order valence-electron chi connectivity index (χ0n) is 51.8. The number of benzene rings is 5. The van der Waals surface area contributed by atoms with Gasteiger partial charge in [-0.05, 0) is 159 Å². The minimum Gasteiger partial charge on any atom is -0.507 e. The highest BCUT2D eigenvalue weighted by molar-refractivity contribution is 5.74. The first-order chi connectivity index (χ1) is 35.3. The molecular weight excluding hydrogens is 973 g/mol. The lowest BCUT2D eigenvalue weighted by atomic mass is 9.78. The molecule has 0 unspecified atom stereocenters. The molecule has 0 aromatic heterocycles. The van der Waals surface area contributed by atoms with Crippen LogP contribution in [0.5, 0.6) is 46.0 Å². The predicted octanol–water partition coefficient (Wildman–Crippen LogP) is 16.9. The van der Waals surface area contributed by atoms with Crippen molar-refractivity contribution in [2.45, 2.75) is 236 Å². The zero-order chi connectivity index (χ0) is 59.4. The van der Waals surface area contributed by atoms with Gasteiger partial charge < -0.3 is 39.4 Å². The molecule has 0 atom stereocenters. The Hall–Kier alpha value is -6.52. The molecule has 0 bridgehead atoms. The molecule has 10 heteroatoms. The number of phenolic OH excluding ortho intramolecular Hbond substituents is 4. The van der Waals surface area contributed by atoms with Crippen molar-refractivity contribution in [3.63, 3.8) is 0 Å². The summed E-state index contributed by atoms with van der Waals surface area (Å²) in [5.74, 6) is 0.648. The van der Waals surface area contributed by atoms with Crippen LogP contribution < -0.4 is 18.9 Å². The molecule has 5 rings (SSSR count). The molecule has 4 N–H and O–H groups in total. The second kappa shape index (κ2) is 21.6. The quantitative estimate of drug-likeness (QED) is 0.0945. The lowest BCUT2D eigenvalue weighted by molar-refractivity contribution is 0.232. The number of rotatable bonds is 12. The van der Waals surface area contributed by atoms with Gasteiger partial charge in [-0.2, -0.15) is 10.5 Å². The molecule has 422 valence electrons. The van der Waals surface area contributed by atoms with Crippen LogP contribution in [-0.4, -0.2) is 20.4 Å². The Balaban J connectivity index is 1.90. The van der Waals surface area contributed by atoms with E-state index in [0.717, 1.165) is 44.5 Å². The van der Waals surface area contributed by atoms with Crippen molar-refractivity contribution in [3.05, 3.63) is 126 Å². The standard InChI is InChI=1S/C68H92N2O8/c1-61(2,3)45-25-39(26-46(53(45)71)62(4,5)6)35-75-57-43(33-69)59(77-37-41-29-49(65(13,14)15)55(73)50(30-41)66(16,17)18)60(78-38-42-31-51(67(19,20)21)56(74)52(32-42)68(22,23)24)44(34-70)58(57)76-36-40-27-47(63(7,8)9)54(72)48(28-40)64(10,11)12/h25-32,71-74H,35-38H2,1-24H3. The minimum absolute atomic E-state index is 0.0453. The van der Waals surface area contributed by atoms with Crippen molar-refractivity contribution in [3.8, 4) is 58.1 Å². The third kappa shape index (κ3) is 13.8. The smallest absolute Gasteiger partial charge is 0.184 e. The lowest BCUT2D eigenvalue weighted by Gasteiger charge is -2.29. The average Bonchev–Trinajstić information content (AvgIpc) is 3.26. The van der Waals surface area contributed by atoms with Gasteiger partial charge in [0.15, 0.2) is 23.0 Å². The summed E-state index contributed by atoms with van der Waals surface area (Å²) in [6.07, 6.45) is 0. The van der Waals surface area contributed by atoms with Gasteiger partial charge >= 0.3 is 0 Å². The third-order valence-corrected chi connectivity index (χ3v) is 14.2. The van der Waals surface area contributed by atoms with Crippen LogP contribution in [0.4, 0.5) is 0 Å². The Labute approximate surface area is 468 Å². The van der Waals surface area contributed by atoms with Crippen LogP contribution in [0, 0.1) is 22.7 Å². The second-order valence-electron chi connectivity index (χ2n) is 29.6. The van der Waals surface area contributed by atoms with Gasteiger partial charge in [-0.15, -0.1) is 0 Å². The zero-order valence-corrected chi connectivity index (χ0v) is 51.8.